The maximum atomic E-state index is 13.4. The quantitative estimate of drug-likeness (QED) is 0.524. The number of rotatable bonds is 6. The first-order valence-corrected chi connectivity index (χ1v) is 11.9. The van der Waals surface area contributed by atoms with Crippen molar-refractivity contribution in [3.05, 3.63) is 101 Å². The Kier molecular flexibility index (Phi) is 6.64. The summed E-state index contributed by atoms with van der Waals surface area (Å²) in [4.78, 5) is 27.6. The van der Waals surface area contributed by atoms with Crippen LogP contribution in [-0.4, -0.2) is 31.1 Å². The van der Waals surface area contributed by atoms with Crippen molar-refractivity contribution in [1.29, 1.82) is 0 Å². The van der Waals surface area contributed by atoms with Crippen molar-refractivity contribution in [3.63, 3.8) is 0 Å². The smallest absolute Gasteiger partial charge is 0.294 e. The summed E-state index contributed by atoms with van der Waals surface area (Å²) in [5, 5.41) is 2.93. The molecule has 0 aliphatic carbocycles. The molecule has 6 nitrogen and oxygen atoms in total. The van der Waals surface area contributed by atoms with Gasteiger partial charge >= 0.3 is 0 Å². The van der Waals surface area contributed by atoms with Crippen LogP contribution in [0.1, 0.15) is 39.9 Å². The van der Waals surface area contributed by atoms with Gasteiger partial charge in [0.2, 0.25) is 0 Å². The molecule has 1 atom stereocenters. The van der Waals surface area contributed by atoms with Crippen LogP contribution in [0.25, 0.3) is 6.08 Å². The fourth-order valence-corrected chi connectivity index (χ4v) is 4.29. The Hall–Kier alpha value is -3.90. The molecule has 1 saturated heterocycles. The highest BCUT2D eigenvalue weighted by molar-refractivity contribution is 6.09. The number of nitrogens with one attached hydrogen (secondary N) is 1. The molecule has 0 saturated carbocycles. The monoisotopic (exact) mass is 468 g/mol. The summed E-state index contributed by atoms with van der Waals surface area (Å²) in [5.74, 6) is 0.535. The number of fused-ring (bicyclic) bond motifs is 1. The van der Waals surface area contributed by atoms with Crippen molar-refractivity contribution in [2.75, 3.05) is 18.1 Å². The summed E-state index contributed by atoms with van der Waals surface area (Å²) < 4.78 is 11.5. The third-order valence-electron chi connectivity index (χ3n) is 6.28. The van der Waals surface area contributed by atoms with E-state index >= 15 is 0 Å². The van der Waals surface area contributed by atoms with Crippen molar-refractivity contribution in [2.24, 2.45) is 0 Å². The summed E-state index contributed by atoms with van der Waals surface area (Å²) in [7, 11) is 0. The minimum Gasteiger partial charge on any atom is -0.449 e. The molecule has 178 valence electrons. The molecule has 2 aliphatic heterocycles. The standard InChI is InChI=1S/C29H28N2O4/c1-20-8-10-22(11-9-20)19-31-25-6-2-3-7-26(25)35-27(29(31)33)17-21-12-14-23(15-13-21)28(32)30-18-24-5-4-16-34-24/h2-3,6-15,17,24H,4-5,16,18-19H2,1H3,(H,30,32)/b27-17+. The zero-order chi connectivity index (χ0) is 24.2. The molecule has 2 aliphatic rings. The minimum atomic E-state index is -0.206. The van der Waals surface area contributed by atoms with E-state index in [4.69, 9.17) is 9.47 Å². The zero-order valence-corrected chi connectivity index (χ0v) is 19.7. The predicted molar refractivity (Wildman–Crippen MR) is 135 cm³/mol. The summed E-state index contributed by atoms with van der Waals surface area (Å²) in [6.45, 7) is 3.76. The van der Waals surface area contributed by atoms with Crippen molar-refractivity contribution < 1.29 is 19.1 Å². The molecule has 0 bridgehead atoms. The second-order valence-electron chi connectivity index (χ2n) is 8.92. The van der Waals surface area contributed by atoms with Gasteiger partial charge in [-0.15, -0.1) is 0 Å². The largest absolute Gasteiger partial charge is 0.449 e. The lowest BCUT2D eigenvalue weighted by atomic mass is 10.1. The third kappa shape index (κ3) is 5.28. The first-order valence-electron chi connectivity index (χ1n) is 11.9. The number of anilines is 1. The summed E-state index contributed by atoms with van der Waals surface area (Å²) in [6.07, 6.45) is 3.83. The van der Waals surface area contributed by atoms with E-state index in [1.807, 2.05) is 67.6 Å². The molecule has 6 heteroatoms. The third-order valence-corrected chi connectivity index (χ3v) is 6.28. The molecule has 5 rings (SSSR count). The lowest BCUT2D eigenvalue weighted by molar-refractivity contribution is -0.117. The molecule has 0 spiro atoms. The number of nitrogens with zero attached hydrogens (tertiary/aromatic N) is 1. The average molecular weight is 469 g/mol. The van der Waals surface area contributed by atoms with Crippen LogP contribution in [-0.2, 0) is 16.1 Å². The van der Waals surface area contributed by atoms with Gasteiger partial charge in [0.15, 0.2) is 11.5 Å². The lowest BCUT2D eigenvalue weighted by Gasteiger charge is -2.30. The summed E-state index contributed by atoms with van der Waals surface area (Å²) in [6, 6.07) is 22.8. The van der Waals surface area contributed by atoms with Gasteiger partial charge in [-0.25, -0.2) is 0 Å². The number of hydrogen-bond acceptors (Lipinski definition) is 4. The van der Waals surface area contributed by atoms with Gasteiger partial charge in [-0.2, -0.15) is 0 Å². The average Bonchev–Trinajstić information content (AvgIpc) is 3.40. The molecule has 3 aromatic carbocycles. The molecule has 2 amide bonds. The molecule has 1 N–H and O–H groups in total. The van der Waals surface area contributed by atoms with E-state index in [9.17, 15) is 9.59 Å². The first-order chi connectivity index (χ1) is 17.1. The van der Waals surface area contributed by atoms with E-state index in [1.54, 1.807) is 23.1 Å². The molecule has 2 heterocycles. The first kappa shape index (κ1) is 22.9. The van der Waals surface area contributed by atoms with Crippen molar-refractivity contribution in [2.45, 2.75) is 32.4 Å². The number of hydrogen-bond donors (Lipinski definition) is 1. The molecule has 1 fully saturated rings. The summed E-state index contributed by atoms with van der Waals surface area (Å²) in [5.41, 5.74) is 4.30. The maximum absolute atomic E-state index is 13.4. The number of aryl methyl sites for hydroxylation is 1. The molecular formula is C29H28N2O4. The zero-order valence-electron chi connectivity index (χ0n) is 19.7. The Morgan fingerprint density at radius 3 is 2.57 bits per heavy atom. The lowest BCUT2D eigenvalue weighted by Crippen LogP contribution is -2.36. The number of ether oxygens (including phenoxy) is 2. The highest BCUT2D eigenvalue weighted by Crippen LogP contribution is 2.36. The van der Waals surface area contributed by atoms with Crippen LogP contribution in [0, 0.1) is 6.92 Å². The number of amides is 2. The second-order valence-corrected chi connectivity index (χ2v) is 8.92. The Bertz CT molecular complexity index is 1240. The number of carbonyl (C=O) groups is 2. The van der Waals surface area contributed by atoms with Crippen LogP contribution in [0.3, 0.4) is 0 Å². The van der Waals surface area contributed by atoms with Gasteiger partial charge in [0.1, 0.15) is 0 Å². The van der Waals surface area contributed by atoms with Gasteiger partial charge in [0.05, 0.1) is 18.3 Å². The predicted octanol–water partition coefficient (Wildman–Crippen LogP) is 4.87. The van der Waals surface area contributed by atoms with E-state index in [0.717, 1.165) is 36.3 Å². The Balaban J connectivity index is 1.33. The Morgan fingerprint density at radius 1 is 1.06 bits per heavy atom. The Morgan fingerprint density at radius 2 is 1.83 bits per heavy atom. The number of carbonyl (C=O) groups excluding carboxylic acids is 2. The highest BCUT2D eigenvalue weighted by Gasteiger charge is 2.30. The molecular weight excluding hydrogens is 440 g/mol. The Labute approximate surface area is 205 Å². The molecule has 3 aromatic rings. The SMILES string of the molecule is Cc1ccc(CN2C(=O)/C(=C\c3ccc(C(=O)NCC4CCCO4)cc3)Oc3ccccc32)cc1. The van der Waals surface area contributed by atoms with E-state index in [-0.39, 0.29) is 23.7 Å². The molecule has 1 unspecified atom stereocenters. The van der Waals surface area contributed by atoms with Crippen molar-refractivity contribution in [3.8, 4) is 5.75 Å². The van der Waals surface area contributed by atoms with Crippen LogP contribution < -0.4 is 15.0 Å². The number of benzene rings is 3. The van der Waals surface area contributed by atoms with E-state index in [2.05, 4.69) is 5.32 Å². The molecule has 0 radical (unpaired) electrons. The fourth-order valence-electron chi connectivity index (χ4n) is 4.29. The van der Waals surface area contributed by atoms with Crippen LogP contribution in [0.4, 0.5) is 5.69 Å². The fraction of sp³-hybridized carbons (Fsp3) is 0.241. The van der Waals surface area contributed by atoms with Crippen LogP contribution >= 0.6 is 0 Å². The summed E-state index contributed by atoms with van der Waals surface area (Å²) >= 11 is 0. The molecule has 0 aromatic heterocycles. The van der Waals surface area contributed by atoms with Gasteiger partial charge in [-0.1, -0.05) is 54.1 Å². The molecule has 35 heavy (non-hydrogen) atoms. The van der Waals surface area contributed by atoms with Gasteiger partial charge in [-0.3, -0.25) is 14.5 Å². The minimum absolute atomic E-state index is 0.100. The van der Waals surface area contributed by atoms with E-state index in [1.165, 1.54) is 5.56 Å². The highest BCUT2D eigenvalue weighted by atomic mass is 16.5. The number of para-hydroxylation sites is 2. The van der Waals surface area contributed by atoms with Crippen molar-refractivity contribution in [1.82, 2.24) is 5.32 Å². The van der Waals surface area contributed by atoms with Crippen molar-refractivity contribution >= 4 is 23.6 Å². The van der Waals surface area contributed by atoms with Crippen LogP contribution in [0.15, 0.2) is 78.6 Å². The van der Waals surface area contributed by atoms with Crippen LogP contribution in [0.2, 0.25) is 0 Å². The maximum Gasteiger partial charge on any atom is 0.294 e. The van der Waals surface area contributed by atoms with E-state index < -0.39 is 0 Å². The van der Waals surface area contributed by atoms with Gasteiger partial charge in [0, 0.05) is 18.7 Å². The van der Waals surface area contributed by atoms with Gasteiger partial charge in [0.25, 0.3) is 11.8 Å². The van der Waals surface area contributed by atoms with Gasteiger partial charge in [-0.05, 0) is 61.2 Å². The van der Waals surface area contributed by atoms with Gasteiger partial charge < -0.3 is 14.8 Å². The van der Waals surface area contributed by atoms with E-state index in [0.29, 0.717) is 24.4 Å². The van der Waals surface area contributed by atoms with Crippen LogP contribution in [0.5, 0.6) is 5.75 Å². The second kappa shape index (κ2) is 10.2. The topological polar surface area (TPSA) is 67.9 Å². The normalized spacial score (nSPS) is 18.3.